The summed E-state index contributed by atoms with van der Waals surface area (Å²) in [5.41, 5.74) is 1.84. The van der Waals surface area contributed by atoms with Crippen molar-refractivity contribution in [2.24, 2.45) is 0 Å². The van der Waals surface area contributed by atoms with Crippen molar-refractivity contribution in [3.63, 3.8) is 0 Å². The van der Waals surface area contributed by atoms with Crippen LogP contribution >= 0.6 is 0 Å². The summed E-state index contributed by atoms with van der Waals surface area (Å²) in [6, 6.07) is 7.62. The number of para-hydroxylation sites is 1. The number of aryl methyl sites for hydroxylation is 1. The van der Waals surface area contributed by atoms with Gasteiger partial charge in [0.2, 0.25) is 15.9 Å². The van der Waals surface area contributed by atoms with E-state index in [4.69, 9.17) is 0 Å². The summed E-state index contributed by atoms with van der Waals surface area (Å²) in [7, 11) is -3.15. The maximum Gasteiger partial charge on any atom is 0.224 e. The lowest BCUT2D eigenvalue weighted by Crippen LogP contribution is -2.37. The third kappa shape index (κ3) is 5.62. The number of anilines is 1. The van der Waals surface area contributed by atoms with E-state index in [1.54, 1.807) is 4.31 Å². The number of hydrogen-bond donors (Lipinski definition) is 1. The molecule has 1 heterocycles. The van der Waals surface area contributed by atoms with Crippen LogP contribution in [-0.4, -0.2) is 37.5 Å². The Bertz CT molecular complexity index is 622. The van der Waals surface area contributed by atoms with Crippen molar-refractivity contribution in [2.75, 3.05) is 24.2 Å². The maximum absolute atomic E-state index is 12.2. The zero-order valence-corrected chi connectivity index (χ0v) is 14.6. The van der Waals surface area contributed by atoms with Crippen LogP contribution in [0.5, 0.6) is 0 Å². The van der Waals surface area contributed by atoms with Gasteiger partial charge < -0.3 is 5.32 Å². The van der Waals surface area contributed by atoms with Gasteiger partial charge in [-0.15, -0.1) is 0 Å². The summed E-state index contributed by atoms with van der Waals surface area (Å²) in [4.78, 5) is 11.9. The summed E-state index contributed by atoms with van der Waals surface area (Å²) >= 11 is 0. The lowest BCUT2D eigenvalue weighted by Gasteiger charge is -2.25. The average Bonchev–Trinajstić information content (AvgIpc) is 2.55. The highest BCUT2D eigenvalue weighted by Crippen LogP contribution is 2.16. The molecular formula is C17H26N2O3S. The molecule has 2 rings (SSSR count). The summed E-state index contributed by atoms with van der Waals surface area (Å²) in [5.74, 6) is 0.0830. The van der Waals surface area contributed by atoms with Crippen LogP contribution in [0.1, 0.15) is 44.1 Å². The average molecular weight is 338 g/mol. The largest absolute Gasteiger partial charge is 0.326 e. The SMILES string of the molecule is Cc1ccccc1NC(=O)CCCCS(=O)(=O)N1CCCCC1. The Hall–Kier alpha value is -1.40. The number of rotatable bonds is 7. The van der Waals surface area contributed by atoms with Crippen molar-refractivity contribution in [3.8, 4) is 0 Å². The zero-order chi connectivity index (χ0) is 16.7. The van der Waals surface area contributed by atoms with Gasteiger partial charge in [0.25, 0.3) is 0 Å². The van der Waals surface area contributed by atoms with E-state index < -0.39 is 10.0 Å². The van der Waals surface area contributed by atoms with Gasteiger partial charge >= 0.3 is 0 Å². The number of amides is 1. The smallest absolute Gasteiger partial charge is 0.224 e. The quantitative estimate of drug-likeness (QED) is 0.777. The van der Waals surface area contributed by atoms with Crippen LogP contribution in [-0.2, 0) is 14.8 Å². The number of hydrogen-bond acceptors (Lipinski definition) is 3. The van der Waals surface area contributed by atoms with Crippen LogP contribution < -0.4 is 5.32 Å². The van der Waals surface area contributed by atoms with E-state index in [1.165, 1.54) is 0 Å². The second kappa shape index (κ2) is 8.45. The second-order valence-corrected chi connectivity index (χ2v) is 8.18. The van der Waals surface area contributed by atoms with Crippen molar-refractivity contribution in [2.45, 2.75) is 45.4 Å². The number of piperidine rings is 1. The molecular weight excluding hydrogens is 312 g/mol. The van der Waals surface area contributed by atoms with Crippen LogP contribution in [0.4, 0.5) is 5.69 Å². The number of benzene rings is 1. The first-order valence-electron chi connectivity index (χ1n) is 8.32. The fourth-order valence-electron chi connectivity index (χ4n) is 2.77. The van der Waals surface area contributed by atoms with E-state index in [0.717, 1.165) is 30.5 Å². The van der Waals surface area contributed by atoms with Crippen LogP contribution in [0.3, 0.4) is 0 Å². The highest BCUT2D eigenvalue weighted by Gasteiger charge is 2.23. The van der Waals surface area contributed by atoms with E-state index in [0.29, 0.717) is 32.4 Å². The topological polar surface area (TPSA) is 66.5 Å². The number of sulfonamides is 1. The van der Waals surface area contributed by atoms with E-state index in [9.17, 15) is 13.2 Å². The van der Waals surface area contributed by atoms with Crippen LogP contribution in [0.25, 0.3) is 0 Å². The molecule has 1 fully saturated rings. The number of nitrogens with one attached hydrogen (secondary N) is 1. The maximum atomic E-state index is 12.2. The Morgan fingerprint density at radius 3 is 2.52 bits per heavy atom. The molecule has 1 N–H and O–H groups in total. The molecule has 0 unspecified atom stereocenters. The van der Waals surface area contributed by atoms with Gasteiger partial charge in [-0.05, 0) is 44.2 Å². The minimum Gasteiger partial charge on any atom is -0.326 e. The molecule has 1 aromatic carbocycles. The lowest BCUT2D eigenvalue weighted by atomic mass is 10.2. The van der Waals surface area contributed by atoms with Gasteiger partial charge in [-0.2, -0.15) is 0 Å². The molecule has 1 amide bonds. The van der Waals surface area contributed by atoms with Crippen molar-refractivity contribution < 1.29 is 13.2 Å². The number of carbonyl (C=O) groups is 1. The normalized spacial score (nSPS) is 16.2. The first-order valence-corrected chi connectivity index (χ1v) is 9.93. The molecule has 1 aliphatic heterocycles. The lowest BCUT2D eigenvalue weighted by molar-refractivity contribution is -0.116. The van der Waals surface area contributed by atoms with Crippen molar-refractivity contribution in [1.82, 2.24) is 4.31 Å². The Morgan fingerprint density at radius 1 is 1.13 bits per heavy atom. The zero-order valence-electron chi connectivity index (χ0n) is 13.8. The molecule has 0 atom stereocenters. The van der Waals surface area contributed by atoms with Gasteiger partial charge in [-0.3, -0.25) is 4.79 Å². The molecule has 0 radical (unpaired) electrons. The fraction of sp³-hybridized carbons (Fsp3) is 0.588. The van der Waals surface area contributed by atoms with Crippen molar-refractivity contribution >= 4 is 21.6 Å². The first-order chi connectivity index (χ1) is 11.0. The molecule has 0 bridgehead atoms. The molecule has 23 heavy (non-hydrogen) atoms. The first kappa shape index (κ1) is 17.9. The van der Waals surface area contributed by atoms with Crippen LogP contribution in [0, 0.1) is 6.92 Å². The van der Waals surface area contributed by atoms with E-state index in [1.807, 2.05) is 31.2 Å². The van der Waals surface area contributed by atoms with Gasteiger partial charge in [0.1, 0.15) is 0 Å². The Labute approximate surface area is 139 Å². The van der Waals surface area contributed by atoms with E-state index in [2.05, 4.69) is 5.32 Å². The molecule has 0 aromatic heterocycles. The standard InChI is InChI=1S/C17H26N2O3S/c1-15-9-3-4-10-16(15)18-17(20)11-5-8-14-23(21,22)19-12-6-2-7-13-19/h3-4,9-10H,2,5-8,11-14H2,1H3,(H,18,20). The molecule has 1 aliphatic rings. The number of unbranched alkanes of at least 4 members (excludes halogenated alkanes) is 1. The molecule has 1 aromatic rings. The van der Waals surface area contributed by atoms with E-state index in [-0.39, 0.29) is 11.7 Å². The van der Waals surface area contributed by atoms with Gasteiger partial charge in [-0.1, -0.05) is 24.6 Å². The highest BCUT2D eigenvalue weighted by molar-refractivity contribution is 7.89. The minimum atomic E-state index is -3.15. The molecule has 1 saturated heterocycles. The molecule has 0 saturated carbocycles. The summed E-state index contributed by atoms with van der Waals surface area (Å²) in [6.45, 7) is 3.24. The fourth-order valence-corrected chi connectivity index (χ4v) is 4.41. The second-order valence-electron chi connectivity index (χ2n) is 6.10. The minimum absolute atomic E-state index is 0.0605. The summed E-state index contributed by atoms with van der Waals surface area (Å²) in [5, 5.41) is 2.87. The molecule has 6 heteroatoms. The monoisotopic (exact) mass is 338 g/mol. The van der Waals surface area contributed by atoms with E-state index >= 15 is 0 Å². The molecule has 5 nitrogen and oxygen atoms in total. The van der Waals surface area contributed by atoms with Gasteiger partial charge in [0.05, 0.1) is 5.75 Å². The highest BCUT2D eigenvalue weighted by atomic mass is 32.2. The third-order valence-corrected chi connectivity index (χ3v) is 6.14. The van der Waals surface area contributed by atoms with Crippen molar-refractivity contribution in [1.29, 1.82) is 0 Å². The van der Waals surface area contributed by atoms with Crippen molar-refractivity contribution in [3.05, 3.63) is 29.8 Å². The predicted octanol–water partition coefficient (Wildman–Crippen LogP) is 2.92. The van der Waals surface area contributed by atoms with Crippen LogP contribution in [0.15, 0.2) is 24.3 Å². The Kier molecular flexibility index (Phi) is 6.59. The molecule has 0 spiro atoms. The van der Waals surface area contributed by atoms with Crippen LogP contribution in [0.2, 0.25) is 0 Å². The van der Waals surface area contributed by atoms with Gasteiger partial charge in [0.15, 0.2) is 0 Å². The Morgan fingerprint density at radius 2 is 1.83 bits per heavy atom. The Balaban J connectivity index is 1.70. The third-order valence-electron chi connectivity index (χ3n) is 4.18. The summed E-state index contributed by atoms with van der Waals surface area (Å²) < 4.78 is 26.0. The predicted molar refractivity (Wildman–Crippen MR) is 92.9 cm³/mol. The number of carbonyl (C=O) groups excluding carboxylic acids is 1. The molecule has 128 valence electrons. The summed E-state index contributed by atoms with van der Waals surface area (Å²) in [6.07, 6.45) is 4.50. The number of nitrogens with zero attached hydrogens (tertiary/aromatic N) is 1. The van der Waals surface area contributed by atoms with Gasteiger partial charge in [0, 0.05) is 25.2 Å². The van der Waals surface area contributed by atoms with Gasteiger partial charge in [-0.25, -0.2) is 12.7 Å². The molecule has 0 aliphatic carbocycles.